The fourth-order valence-electron chi connectivity index (χ4n) is 1.45. The van der Waals surface area contributed by atoms with E-state index in [1.165, 1.54) is 13.1 Å². The highest BCUT2D eigenvalue weighted by molar-refractivity contribution is 4.92. The fraction of sp³-hybridized carbons (Fsp3) is 1.00. The standard InChI is InChI=1S/C7H14N2O/c1-10-7-4-9(5-7)6-2-8-3-6/h6-8H,2-5H2,1H3. The molecule has 0 bridgehead atoms. The van der Waals surface area contributed by atoms with Gasteiger partial charge in [0.05, 0.1) is 6.10 Å². The maximum Gasteiger partial charge on any atom is 0.0825 e. The van der Waals surface area contributed by atoms with Crippen LogP contribution in [0.5, 0.6) is 0 Å². The van der Waals surface area contributed by atoms with E-state index < -0.39 is 0 Å². The molecular formula is C7H14N2O. The van der Waals surface area contributed by atoms with Crippen molar-refractivity contribution in [3.63, 3.8) is 0 Å². The Balaban J connectivity index is 1.69. The summed E-state index contributed by atoms with van der Waals surface area (Å²) >= 11 is 0. The number of nitrogens with one attached hydrogen (secondary N) is 1. The summed E-state index contributed by atoms with van der Waals surface area (Å²) in [6.07, 6.45) is 0.514. The molecule has 0 aliphatic carbocycles. The summed E-state index contributed by atoms with van der Waals surface area (Å²) in [5.41, 5.74) is 0. The molecule has 2 aliphatic rings. The molecule has 3 heteroatoms. The highest BCUT2D eigenvalue weighted by Crippen LogP contribution is 2.16. The van der Waals surface area contributed by atoms with E-state index in [4.69, 9.17) is 4.74 Å². The summed E-state index contributed by atoms with van der Waals surface area (Å²) in [6.45, 7) is 4.64. The van der Waals surface area contributed by atoms with Crippen LogP contribution >= 0.6 is 0 Å². The molecule has 0 spiro atoms. The van der Waals surface area contributed by atoms with Crippen LogP contribution in [-0.4, -0.2) is 50.3 Å². The van der Waals surface area contributed by atoms with Crippen molar-refractivity contribution in [3.8, 4) is 0 Å². The summed E-state index contributed by atoms with van der Waals surface area (Å²) < 4.78 is 5.17. The molecule has 0 radical (unpaired) electrons. The molecule has 0 aromatic heterocycles. The lowest BCUT2D eigenvalue weighted by Gasteiger charge is -2.47. The zero-order chi connectivity index (χ0) is 6.97. The summed E-state index contributed by atoms with van der Waals surface area (Å²) in [4.78, 5) is 2.48. The SMILES string of the molecule is COC1CN(C2CNC2)C1. The van der Waals surface area contributed by atoms with Gasteiger partial charge in [-0.2, -0.15) is 0 Å². The van der Waals surface area contributed by atoms with Gasteiger partial charge < -0.3 is 10.1 Å². The van der Waals surface area contributed by atoms with Crippen molar-refractivity contribution in [1.82, 2.24) is 10.2 Å². The van der Waals surface area contributed by atoms with Crippen LogP contribution in [-0.2, 0) is 4.74 Å². The number of hydrogen-bond donors (Lipinski definition) is 1. The largest absolute Gasteiger partial charge is 0.379 e. The van der Waals surface area contributed by atoms with Crippen molar-refractivity contribution in [2.75, 3.05) is 33.3 Å². The second-order valence-electron chi connectivity index (χ2n) is 3.12. The molecule has 2 saturated heterocycles. The van der Waals surface area contributed by atoms with Crippen LogP contribution in [0.1, 0.15) is 0 Å². The van der Waals surface area contributed by atoms with E-state index in [0.29, 0.717) is 6.10 Å². The molecule has 2 aliphatic heterocycles. The molecular weight excluding hydrogens is 128 g/mol. The Kier molecular flexibility index (Phi) is 1.64. The van der Waals surface area contributed by atoms with Gasteiger partial charge >= 0.3 is 0 Å². The minimum absolute atomic E-state index is 0.514. The lowest BCUT2D eigenvalue weighted by Crippen LogP contribution is -2.65. The monoisotopic (exact) mass is 142 g/mol. The van der Waals surface area contributed by atoms with Crippen LogP contribution in [0, 0.1) is 0 Å². The highest BCUT2D eigenvalue weighted by atomic mass is 16.5. The number of nitrogens with zero attached hydrogens (tertiary/aromatic N) is 1. The Morgan fingerprint density at radius 3 is 2.50 bits per heavy atom. The Morgan fingerprint density at radius 1 is 1.40 bits per heavy atom. The van der Waals surface area contributed by atoms with Gasteiger partial charge in [0, 0.05) is 39.3 Å². The summed E-state index contributed by atoms with van der Waals surface area (Å²) in [5, 5.41) is 3.26. The number of rotatable bonds is 2. The van der Waals surface area contributed by atoms with Gasteiger partial charge in [-0.3, -0.25) is 4.90 Å². The molecule has 1 N–H and O–H groups in total. The lowest BCUT2D eigenvalue weighted by molar-refractivity contribution is -0.0600. The molecule has 10 heavy (non-hydrogen) atoms. The third-order valence-electron chi connectivity index (χ3n) is 2.49. The van der Waals surface area contributed by atoms with Gasteiger partial charge in [0.1, 0.15) is 0 Å². The topological polar surface area (TPSA) is 24.5 Å². The predicted octanol–water partition coefficient (Wildman–Crippen LogP) is -0.711. The van der Waals surface area contributed by atoms with Gasteiger partial charge in [0.2, 0.25) is 0 Å². The van der Waals surface area contributed by atoms with E-state index >= 15 is 0 Å². The third kappa shape index (κ3) is 0.944. The molecule has 0 aromatic carbocycles. The van der Waals surface area contributed by atoms with E-state index in [0.717, 1.165) is 19.1 Å². The zero-order valence-corrected chi connectivity index (χ0v) is 6.34. The molecule has 2 rings (SSSR count). The van der Waals surface area contributed by atoms with E-state index in [1.54, 1.807) is 7.11 Å². The second-order valence-corrected chi connectivity index (χ2v) is 3.12. The molecule has 0 atom stereocenters. The normalized spacial score (nSPS) is 29.7. The van der Waals surface area contributed by atoms with Crippen molar-refractivity contribution < 1.29 is 4.74 Å². The Labute approximate surface area is 61.3 Å². The highest BCUT2D eigenvalue weighted by Gasteiger charge is 2.34. The number of hydrogen-bond acceptors (Lipinski definition) is 3. The van der Waals surface area contributed by atoms with Gasteiger partial charge in [-0.25, -0.2) is 0 Å². The van der Waals surface area contributed by atoms with Crippen molar-refractivity contribution in [2.24, 2.45) is 0 Å². The number of ether oxygens (including phenoxy) is 1. The van der Waals surface area contributed by atoms with Crippen molar-refractivity contribution in [1.29, 1.82) is 0 Å². The van der Waals surface area contributed by atoms with Crippen LogP contribution < -0.4 is 5.32 Å². The maximum atomic E-state index is 5.17. The van der Waals surface area contributed by atoms with Crippen molar-refractivity contribution in [2.45, 2.75) is 12.1 Å². The van der Waals surface area contributed by atoms with E-state index in [-0.39, 0.29) is 0 Å². The Hall–Kier alpha value is -0.120. The van der Waals surface area contributed by atoms with Gasteiger partial charge in [-0.05, 0) is 0 Å². The smallest absolute Gasteiger partial charge is 0.0825 e. The zero-order valence-electron chi connectivity index (χ0n) is 6.34. The predicted molar refractivity (Wildman–Crippen MR) is 39.0 cm³/mol. The number of methoxy groups -OCH3 is 1. The third-order valence-corrected chi connectivity index (χ3v) is 2.49. The average Bonchev–Trinajstić information content (AvgIpc) is 1.72. The first-order valence-corrected chi connectivity index (χ1v) is 3.87. The molecule has 0 unspecified atom stereocenters. The van der Waals surface area contributed by atoms with Gasteiger partial charge in [-0.1, -0.05) is 0 Å². The first-order chi connectivity index (χ1) is 4.90. The first kappa shape index (κ1) is 6.58. The van der Waals surface area contributed by atoms with Gasteiger partial charge in [0.25, 0.3) is 0 Å². The van der Waals surface area contributed by atoms with E-state index in [9.17, 15) is 0 Å². The molecule has 3 nitrogen and oxygen atoms in total. The van der Waals surface area contributed by atoms with E-state index in [2.05, 4.69) is 10.2 Å². The summed E-state index contributed by atoms with van der Waals surface area (Å²) in [5.74, 6) is 0. The maximum absolute atomic E-state index is 5.17. The van der Waals surface area contributed by atoms with Crippen LogP contribution in [0.15, 0.2) is 0 Å². The summed E-state index contributed by atoms with van der Waals surface area (Å²) in [7, 11) is 1.79. The quantitative estimate of drug-likeness (QED) is 0.551. The minimum Gasteiger partial charge on any atom is -0.379 e. The summed E-state index contributed by atoms with van der Waals surface area (Å²) in [6, 6.07) is 0.811. The average molecular weight is 142 g/mol. The molecule has 0 saturated carbocycles. The van der Waals surface area contributed by atoms with Crippen LogP contribution in [0.2, 0.25) is 0 Å². The molecule has 2 heterocycles. The Bertz CT molecular complexity index is 119. The van der Waals surface area contributed by atoms with Crippen LogP contribution in [0.4, 0.5) is 0 Å². The van der Waals surface area contributed by atoms with Crippen LogP contribution in [0.25, 0.3) is 0 Å². The molecule has 0 aromatic rings. The van der Waals surface area contributed by atoms with Crippen molar-refractivity contribution >= 4 is 0 Å². The van der Waals surface area contributed by atoms with Crippen LogP contribution in [0.3, 0.4) is 0 Å². The lowest BCUT2D eigenvalue weighted by atomic mass is 10.0. The van der Waals surface area contributed by atoms with E-state index in [1.807, 2.05) is 0 Å². The molecule has 0 amide bonds. The fourth-order valence-corrected chi connectivity index (χ4v) is 1.45. The van der Waals surface area contributed by atoms with Crippen molar-refractivity contribution in [3.05, 3.63) is 0 Å². The van der Waals surface area contributed by atoms with Gasteiger partial charge in [-0.15, -0.1) is 0 Å². The molecule has 58 valence electrons. The van der Waals surface area contributed by atoms with Gasteiger partial charge in [0.15, 0.2) is 0 Å². The minimum atomic E-state index is 0.514. The molecule has 2 fully saturated rings. The second kappa shape index (κ2) is 2.49. The Morgan fingerprint density at radius 2 is 2.10 bits per heavy atom. The number of likely N-dealkylation sites (tertiary alicyclic amines) is 1. The first-order valence-electron chi connectivity index (χ1n) is 3.87.